The van der Waals surface area contributed by atoms with E-state index in [4.69, 9.17) is 16.3 Å². The van der Waals surface area contributed by atoms with E-state index in [1.54, 1.807) is 18.2 Å². The van der Waals surface area contributed by atoms with Gasteiger partial charge in [0.2, 0.25) is 0 Å². The summed E-state index contributed by atoms with van der Waals surface area (Å²) < 4.78 is 33.7. The molecular formula is C23H23ClN2O4S. The van der Waals surface area contributed by atoms with Gasteiger partial charge < -0.3 is 10.1 Å². The summed E-state index contributed by atoms with van der Waals surface area (Å²) in [7, 11) is -3.97. The minimum atomic E-state index is -3.97. The molecule has 1 amide bonds. The van der Waals surface area contributed by atoms with E-state index in [2.05, 4.69) is 10.0 Å². The second kappa shape index (κ2) is 9.85. The fourth-order valence-corrected chi connectivity index (χ4v) is 4.49. The van der Waals surface area contributed by atoms with E-state index < -0.39 is 15.9 Å². The van der Waals surface area contributed by atoms with E-state index in [1.165, 1.54) is 18.2 Å². The fraction of sp³-hybridized carbons (Fsp3) is 0.174. The predicted molar refractivity (Wildman–Crippen MR) is 122 cm³/mol. The maximum atomic E-state index is 12.8. The third kappa shape index (κ3) is 6.23. The van der Waals surface area contributed by atoms with Gasteiger partial charge in [-0.05, 0) is 67.4 Å². The highest BCUT2D eigenvalue weighted by Crippen LogP contribution is 2.25. The van der Waals surface area contributed by atoms with Crippen molar-refractivity contribution in [3.63, 3.8) is 0 Å². The van der Waals surface area contributed by atoms with Gasteiger partial charge in [-0.15, -0.1) is 0 Å². The van der Waals surface area contributed by atoms with Crippen LogP contribution < -0.4 is 14.8 Å². The number of hydrogen-bond acceptors (Lipinski definition) is 4. The van der Waals surface area contributed by atoms with Crippen LogP contribution in [0.25, 0.3) is 0 Å². The van der Waals surface area contributed by atoms with Crippen LogP contribution in [0.15, 0.2) is 71.6 Å². The predicted octanol–water partition coefficient (Wildman–Crippen LogP) is 4.57. The van der Waals surface area contributed by atoms with Crippen LogP contribution in [0, 0.1) is 13.8 Å². The van der Waals surface area contributed by atoms with Crippen LogP contribution in [0.3, 0.4) is 0 Å². The monoisotopic (exact) mass is 458 g/mol. The third-order valence-electron chi connectivity index (χ3n) is 4.40. The Balaban J connectivity index is 1.66. The quantitative estimate of drug-likeness (QED) is 0.484. The van der Waals surface area contributed by atoms with E-state index >= 15 is 0 Å². The Hall–Kier alpha value is -3.03. The molecule has 162 valence electrons. The molecule has 0 bridgehead atoms. The molecule has 6 nitrogen and oxygen atoms in total. The Morgan fingerprint density at radius 1 is 0.968 bits per heavy atom. The lowest BCUT2D eigenvalue weighted by molar-refractivity contribution is 0.0947. The molecule has 0 aliphatic rings. The maximum absolute atomic E-state index is 12.8. The van der Waals surface area contributed by atoms with Crippen molar-refractivity contribution in [1.29, 1.82) is 0 Å². The first-order chi connectivity index (χ1) is 14.7. The van der Waals surface area contributed by atoms with Crippen LogP contribution in [-0.4, -0.2) is 27.5 Å². The van der Waals surface area contributed by atoms with Gasteiger partial charge in [0.05, 0.1) is 11.6 Å². The van der Waals surface area contributed by atoms with Gasteiger partial charge in [0.1, 0.15) is 17.3 Å². The molecule has 2 N–H and O–H groups in total. The van der Waals surface area contributed by atoms with E-state index in [1.807, 2.05) is 44.2 Å². The smallest absolute Gasteiger partial charge is 0.263 e. The number of hydrogen-bond donors (Lipinski definition) is 2. The van der Waals surface area contributed by atoms with Gasteiger partial charge in [-0.3, -0.25) is 9.52 Å². The summed E-state index contributed by atoms with van der Waals surface area (Å²) in [5.74, 6) is 0.299. The van der Waals surface area contributed by atoms with Crippen molar-refractivity contribution in [3.05, 3.63) is 88.4 Å². The summed E-state index contributed by atoms with van der Waals surface area (Å²) in [5, 5.41) is 2.74. The third-order valence-corrected chi connectivity index (χ3v) is 6.26. The SMILES string of the molecule is Cc1cccc(NS(=O)(=O)c2cc(C(=O)NCCOc3cccc(C)c3)ccc2Cl)c1. The summed E-state index contributed by atoms with van der Waals surface area (Å²) >= 11 is 6.12. The Morgan fingerprint density at radius 2 is 1.68 bits per heavy atom. The zero-order valence-corrected chi connectivity index (χ0v) is 18.8. The van der Waals surface area contributed by atoms with Crippen LogP contribution in [0.5, 0.6) is 5.75 Å². The number of sulfonamides is 1. The van der Waals surface area contributed by atoms with E-state index in [9.17, 15) is 13.2 Å². The van der Waals surface area contributed by atoms with Gasteiger partial charge in [-0.25, -0.2) is 8.42 Å². The van der Waals surface area contributed by atoms with Crippen molar-refractivity contribution in [2.75, 3.05) is 17.9 Å². The van der Waals surface area contributed by atoms with Gasteiger partial charge in [0.25, 0.3) is 15.9 Å². The highest BCUT2D eigenvalue weighted by molar-refractivity contribution is 7.92. The zero-order chi connectivity index (χ0) is 22.4. The molecule has 0 heterocycles. The molecular weight excluding hydrogens is 436 g/mol. The number of amides is 1. The molecule has 3 aromatic carbocycles. The van der Waals surface area contributed by atoms with Crippen molar-refractivity contribution < 1.29 is 17.9 Å². The maximum Gasteiger partial charge on any atom is 0.263 e. The Bertz CT molecular complexity index is 1200. The Labute approximate surface area is 187 Å². The molecule has 0 spiro atoms. The molecule has 0 fully saturated rings. The molecule has 0 saturated heterocycles. The molecule has 0 aromatic heterocycles. The summed E-state index contributed by atoms with van der Waals surface area (Å²) in [5.41, 5.74) is 2.59. The number of anilines is 1. The van der Waals surface area contributed by atoms with Gasteiger partial charge in [0.15, 0.2) is 0 Å². The topological polar surface area (TPSA) is 84.5 Å². The lowest BCUT2D eigenvalue weighted by Gasteiger charge is -2.12. The Kier molecular flexibility index (Phi) is 7.20. The molecule has 3 rings (SSSR count). The molecule has 8 heteroatoms. The van der Waals surface area contributed by atoms with Crippen molar-refractivity contribution in [3.8, 4) is 5.75 Å². The van der Waals surface area contributed by atoms with E-state index in [0.29, 0.717) is 5.69 Å². The van der Waals surface area contributed by atoms with Crippen LogP contribution in [0.2, 0.25) is 5.02 Å². The lowest BCUT2D eigenvalue weighted by atomic mass is 10.2. The van der Waals surface area contributed by atoms with Gasteiger partial charge in [-0.2, -0.15) is 0 Å². The first kappa shape index (κ1) is 22.7. The average molecular weight is 459 g/mol. The summed E-state index contributed by atoms with van der Waals surface area (Å²) in [6.07, 6.45) is 0. The minimum absolute atomic E-state index is 0.0273. The molecule has 3 aromatic rings. The molecule has 0 atom stereocenters. The number of carbonyl (C=O) groups excluding carboxylic acids is 1. The van der Waals surface area contributed by atoms with Crippen molar-refractivity contribution in [2.45, 2.75) is 18.7 Å². The lowest BCUT2D eigenvalue weighted by Crippen LogP contribution is -2.28. The molecule has 31 heavy (non-hydrogen) atoms. The number of nitrogens with one attached hydrogen (secondary N) is 2. The molecule has 0 unspecified atom stereocenters. The molecule has 0 aliphatic heterocycles. The zero-order valence-electron chi connectivity index (χ0n) is 17.2. The van der Waals surface area contributed by atoms with Crippen LogP contribution in [0.4, 0.5) is 5.69 Å². The second-order valence-corrected chi connectivity index (χ2v) is 9.10. The van der Waals surface area contributed by atoms with Gasteiger partial charge in [-0.1, -0.05) is 35.9 Å². The number of aryl methyl sites for hydroxylation is 2. The van der Waals surface area contributed by atoms with E-state index in [0.717, 1.165) is 16.9 Å². The van der Waals surface area contributed by atoms with Crippen LogP contribution in [0.1, 0.15) is 21.5 Å². The highest BCUT2D eigenvalue weighted by Gasteiger charge is 2.20. The standard InChI is InChI=1S/C23H23ClN2O4S/c1-16-5-3-7-19(13-16)26-31(28,29)22-15-18(9-10-21(22)24)23(27)25-11-12-30-20-8-4-6-17(2)14-20/h3-10,13-15,26H,11-12H2,1-2H3,(H,25,27). The normalized spacial score (nSPS) is 11.1. The number of halogens is 1. The fourth-order valence-electron chi connectivity index (χ4n) is 2.91. The van der Waals surface area contributed by atoms with Gasteiger partial charge in [0, 0.05) is 11.3 Å². The Morgan fingerprint density at radius 3 is 2.39 bits per heavy atom. The largest absolute Gasteiger partial charge is 0.492 e. The highest BCUT2D eigenvalue weighted by atomic mass is 35.5. The average Bonchev–Trinajstić information content (AvgIpc) is 2.71. The first-order valence-electron chi connectivity index (χ1n) is 9.61. The molecule has 0 radical (unpaired) electrons. The number of rotatable bonds is 8. The van der Waals surface area contributed by atoms with E-state index in [-0.39, 0.29) is 28.6 Å². The van der Waals surface area contributed by atoms with Crippen LogP contribution >= 0.6 is 11.6 Å². The second-order valence-electron chi connectivity index (χ2n) is 7.04. The van der Waals surface area contributed by atoms with Crippen molar-refractivity contribution in [2.24, 2.45) is 0 Å². The van der Waals surface area contributed by atoms with Crippen LogP contribution in [-0.2, 0) is 10.0 Å². The first-order valence-corrected chi connectivity index (χ1v) is 11.5. The van der Waals surface area contributed by atoms with Crippen molar-refractivity contribution in [1.82, 2.24) is 5.32 Å². The molecule has 0 aliphatic carbocycles. The number of benzene rings is 3. The summed E-state index contributed by atoms with van der Waals surface area (Å²) in [4.78, 5) is 12.3. The van der Waals surface area contributed by atoms with Gasteiger partial charge >= 0.3 is 0 Å². The summed E-state index contributed by atoms with van der Waals surface area (Å²) in [6.45, 7) is 4.37. The van der Waals surface area contributed by atoms with Crippen molar-refractivity contribution >= 4 is 33.2 Å². The number of carbonyl (C=O) groups is 1. The number of ether oxygens (including phenoxy) is 1. The summed E-state index contributed by atoms with van der Waals surface area (Å²) in [6, 6.07) is 18.7. The minimum Gasteiger partial charge on any atom is -0.492 e. The molecule has 0 saturated carbocycles.